The van der Waals surface area contributed by atoms with E-state index in [1.807, 2.05) is 22.9 Å². The van der Waals surface area contributed by atoms with Crippen LogP contribution >= 0.6 is 11.3 Å². The molecule has 2 aromatic heterocycles. The van der Waals surface area contributed by atoms with Gasteiger partial charge in [-0.05, 0) is 17.5 Å². The normalized spacial score (nSPS) is 14.4. The third-order valence-electron chi connectivity index (χ3n) is 3.05. The summed E-state index contributed by atoms with van der Waals surface area (Å²) in [5, 5.41) is 12.5. The first-order valence-electron chi connectivity index (χ1n) is 6.10. The van der Waals surface area contributed by atoms with Gasteiger partial charge in [0.25, 0.3) is 5.91 Å². The molecule has 0 atom stereocenters. The number of thiophene rings is 1. The largest absolute Gasteiger partial charge is 0.471 e. The van der Waals surface area contributed by atoms with Gasteiger partial charge >= 0.3 is 0 Å². The molecular formula is C14H11N3O2S. The average molecular weight is 285 g/mol. The molecule has 1 fully saturated rings. The minimum atomic E-state index is -0.0565. The molecule has 0 spiro atoms. The number of carbonyl (C=O) groups is 1. The van der Waals surface area contributed by atoms with Gasteiger partial charge in [0.1, 0.15) is 6.10 Å². The maximum atomic E-state index is 12.0. The number of ether oxygens (including phenoxy) is 1. The molecule has 1 aliphatic heterocycles. The Kier molecular flexibility index (Phi) is 3.35. The summed E-state index contributed by atoms with van der Waals surface area (Å²) in [5.74, 6) is 0.460. The van der Waals surface area contributed by atoms with Crippen molar-refractivity contribution in [3.05, 3.63) is 46.3 Å². The Morgan fingerprint density at radius 1 is 1.50 bits per heavy atom. The number of nitrogens with zero attached hydrogens (tertiary/aromatic N) is 3. The van der Waals surface area contributed by atoms with Crippen LogP contribution in [0.2, 0.25) is 0 Å². The van der Waals surface area contributed by atoms with Crippen LogP contribution in [-0.2, 0) is 0 Å². The van der Waals surface area contributed by atoms with Crippen LogP contribution in [-0.4, -0.2) is 35.0 Å². The van der Waals surface area contributed by atoms with E-state index >= 15 is 0 Å². The van der Waals surface area contributed by atoms with Crippen LogP contribution in [0.15, 0.2) is 35.2 Å². The summed E-state index contributed by atoms with van der Waals surface area (Å²) in [4.78, 5) is 17.8. The van der Waals surface area contributed by atoms with Crippen molar-refractivity contribution in [1.29, 1.82) is 5.26 Å². The molecule has 0 N–H and O–H groups in total. The molecule has 3 rings (SSSR count). The Morgan fingerprint density at radius 2 is 2.35 bits per heavy atom. The van der Waals surface area contributed by atoms with Crippen molar-refractivity contribution in [2.75, 3.05) is 13.1 Å². The SMILES string of the molecule is N#Cc1ccnc(OC2CN(C(=O)c3ccsc3)C2)c1. The number of amides is 1. The van der Waals surface area contributed by atoms with Gasteiger partial charge in [-0.1, -0.05) is 0 Å². The third-order valence-corrected chi connectivity index (χ3v) is 3.74. The van der Waals surface area contributed by atoms with E-state index in [0.29, 0.717) is 24.5 Å². The Labute approximate surface area is 120 Å². The Bertz CT molecular complexity index is 657. The van der Waals surface area contributed by atoms with Crippen LogP contribution in [0.1, 0.15) is 15.9 Å². The summed E-state index contributed by atoms with van der Waals surface area (Å²) in [6.07, 6.45) is 1.49. The second-order valence-electron chi connectivity index (χ2n) is 4.46. The summed E-state index contributed by atoms with van der Waals surface area (Å²) < 4.78 is 5.64. The maximum Gasteiger partial charge on any atom is 0.254 e. The van der Waals surface area contributed by atoms with Crippen molar-refractivity contribution in [1.82, 2.24) is 9.88 Å². The number of carbonyl (C=O) groups excluding carboxylic acids is 1. The van der Waals surface area contributed by atoms with Crippen LogP contribution in [0, 0.1) is 11.3 Å². The van der Waals surface area contributed by atoms with Crippen molar-refractivity contribution in [2.45, 2.75) is 6.10 Å². The predicted octanol–water partition coefficient (Wildman–Crippen LogP) is 1.92. The van der Waals surface area contributed by atoms with E-state index in [9.17, 15) is 4.79 Å². The first-order chi connectivity index (χ1) is 9.76. The Hall–Kier alpha value is -2.39. The topological polar surface area (TPSA) is 66.2 Å². The Balaban J connectivity index is 1.56. The minimum absolute atomic E-state index is 0.0323. The molecule has 1 saturated heterocycles. The lowest BCUT2D eigenvalue weighted by Crippen LogP contribution is -2.56. The summed E-state index contributed by atoms with van der Waals surface area (Å²) in [5.41, 5.74) is 1.23. The van der Waals surface area contributed by atoms with Gasteiger partial charge < -0.3 is 9.64 Å². The van der Waals surface area contributed by atoms with E-state index < -0.39 is 0 Å². The summed E-state index contributed by atoms with van der Waals surface area (Å²) in [6, 6.07) is 7.08. The van der Waals surface area contributed by atoms with Gasteiger partial charge in [0, 0.05) is 17.6 Å². The summed E-state index contributed by atoms with van der Waals surface area (Å²) >= 11 is 1.51. The van der Waals surface area contributed by atoms with Gasteiger partial charge in [-0.2, -0.15) is 16.6 Å². The van der Waals surface area contributed by atoms with Crippen molar-refractivity contribution in [3.8, 4) is 11.9 Å². The molecule has 1 amide bonds. The minimum Gasteiger partial charge on any atom is -0.471 e. The molecule has 20 heavy (non-hydrogen) atoms. The fourth-order valence-electron chi connectivity index (χ4n) is 1.96. The van der Waals surface area contributed by atoms with Gasteiger partial charge in [0.05, 0.1) is 30.3 Å². The first-order valence-corrected chi connectivity index (χ1v) is 7.05. The molecule has 6 heteroatoms. The van der Waals surface area contributed by atoms with Gasteiger partial charge in [0.2, 0.25) is 5.88 Å². The maximum absolute atomic E-state index is 12.0. The first kappa shape index (κ1) is 12.6. The van der Waals surface area contributed by atoms with Gasteiger partial charge in [-0.15, -0.1) is 0 Å². The molecule has 0 saturated carbocycles. The molecule has 100 valence electrons. The molecule has 5 nitrogen and oxygen atoms in total. The van der Waals surface area contributed by atoms with Crippen molar-refractivity contribution in [2.24, 2.45) is 0 Å². The number of nitriles is 1. The van der Waals surface area contributed by atoms with Crippen LogP contribution < -0.4 is 4.74 Å². The summed E-state index contributed by atoms with van der Waals surface area (Å²) in [7, 11) is 0. The monoisotopic (exact) mass is 285 g/mol. The number of rotatable bonds is 3. The molecule has 0 aromatic carbocycles. The van der Waals surface area contributed by atoms with E-state index in [2.05, 4.69) is 4.98 Å². The van der Waals surface area contributed by atoms with E-state index in [4.69, 9.17) is 10.00 Å². The highest BCUT2D eigenvalue weighted by Crippen LogP contribution is 2.19. The number of hydrogen-bond donors (Lipinski definition) is 0. The summed E-state index contributed by atoms with van der Waals surface area (Å²) in [6.45, 7) is 1.10. The quantitative estimate of drug-likeness (QED) is 0.864. The molecule has 0 bridgehead atoms. The van der Waals surface area contributed by atoms with Crippen LogP contribution in [0.3, 0.4) is 0 Å². The van der Waals surface area contributed by atoms with E-state index in [0.717, 1.165) is 5.56 Å². The fourth-order valence-corrected chi connectivity index (χ4v) is 2.59. The molecule has 2 aromatic rings. The zero-order chi connectivity index (χ0) is 13.9. The van der Waals surface area contributed by atoms with Crippen molar-refractivity contribution >= 4 is 17.2 Å². The Morgan fingerprint density at radius 3 is 3.05 bits per heavy atom. The molecule has 0 radical (unpaired) electrons. The molecule has 3 heterocycles. The van der Waals surface area contributed by atoms with Gasteiger partial charge in [-0.25, -0.2) is 4.98 Å². The molecular weight excluding hydrogens is 274 g/mol. The zero-order valence-corrected chi connectivity index (χ0v) is 11.3. The second-order valence-corrected chi connectivity index (χ2v) is 5.24. The van der Waals surface area contributed by atoms with Crippen molar-refractivity contribution in [3.63, 3.8) is 0 Å². The molecule has 0 aliphatic carbocycles. The fraction of sp³-hybridized carbons (Fsp3) is 0.214. The lowest BCUT2D eigenvalue weighted by atomic mass is 10.1. The van der Waals surface area contributed by atoms with E-state index in [1.54, 1.807) is 23.2 Å². The predicted molar refractivity (Wildman–Crippen MR) is 73.6 cm³/mol. The van der Waals surface area contributed by atoms with E-state index in [1.165, 1.54) is 11.3 Å². The highest BCUT2D eigenvalue weighted by Gasteiger charge is 2.33. The average Bonchev–Trinajstić information content (AvgIpc) is 2.96. The number of likely N-dealkylation sites (tertiary alicyclic amines) is 1. The smallest absolute Gasteiger partial charge is 0.254 e. The molecule has 0 unspecified atom stereocenters. The van der Waals surface area contributed by atoms with E-state index in [-0.39, 0.29) is 12.0 Å². The number of hydrogen-bond acceptors (Lipinski definition) is 5. The second kappa shape index (κ2) is 5.31. The third kappa shape index (κ3) is 2.49. The van der Waals surface area contributed by atoms with Crippen molar-refractivity contribution < 1.29 is 9.53 Å². The van der Waals surface area contributed by atoms with Crippen LogP contribution in [0.25, 0.3) is 0 Å². The lowest BCUT2D eigenvalue weighted by molar-refractivity contribution is 0.0160. The number of aromatic nitrogens is 1. The molecule has 1 aliphatic rings. The van der Waals surface area contributed by atoms with Crippen LogP contribution in [0.4, 0.5) is 0 Å². The highest BCUT2D eigenvalue weighted by atomic mass is 32.1. The highest BCUT2D eigenvalue weighted by molar-refractivity contribution is 7.08. The number of pyridine rings is 1. The standard InChI is InChI=1S/C14H11N3O2S/c15-6-10-1-3-16-13(5-10)19-12-7-17(8-12)14(18)11-2-4-20-9-11/h1-5,9,12H,7-8H2. The van der Waals surface area contributed by atoms with Gasteiger partial charge in [0.15, 0.2) is 0 Å². The van der Waals surface area contributed by atoms with Crippen LogP contribution in [0.5, 0.6) is 5.88 Å². The zero-order valence-electron chi connectivity index (χ0n) is 10.5. The lowest BCUT2D eigenvalue weighted by Gasteiger charge is -2.38. The van der Waals surface area contributed by atoms with Gasteiger partial charge in [-0.3, -0.25) is 4.79 Å².